The molecular formula is C10H16N4O2S. The van der Waals surface area contributed by atoms with Gasteiger partial charge in [-0.2, -0.15) is 0 Å². The highest BCUT2D eigenvalue weighted by molar-refractivity contribution is 7.09. The number of hydrogen-bond acceptors (Lipinski definition) is 5. The monoisotopic (exact) mass is 256 g/mol. The van der Waals surface area contributed by atoms with Crippen molar-refractivity contribution in [2.45, 2.75) is 32.9 Å². The molecule has 1 amide bonds. The van der Waals surface area contributed by atoms with Crippen LogP contribution in [0.2, 0.25) is 0 Å². The molecule has 7 heteroatoms. The van der Waals surface area contributed by atoms with E-state index in [0.29, 0.717) is 10.7 Å². The molecule has 1 rings (SSSR count). The maximum Gasteiger partial charge on any atom is 0.408 e. The Morgan fingerprint density at radius 3 is 2.76 bits per heavy atom. The van der Waals surface area contributed by atoms with Gasteiger partial charge in [-0.1, -0.05) is 0 Å². The molecule has 94 valence electrons. The van der Waals surface area contributed by atoms with E-state index in [-0.39, 0.29) is 12.4 Å². The molecule has 0 radical (unpaired) electrons. The van der Waals surface area contributed by atoms with Crippen LogP contribution in [0.4, 0.5) is 4.79 Å². The summed E-state index contributed by atoms with van der Waals surface area (Å²) < 4.78 is 5.07. The molecule has 1 aromatic heterocycles. The second-order valence-corrected chi connectivity index (χ2v) is 5.34. The van der Waals surface area contributed by atoms with Crippen LogP contribution in [0.5, 0.6) is 0 Å². The minimum atomic E-state index is -0.516. The Morgan fingerprint density at radius 1 is 1.65 bits per heavy atom. The molecule has 0 aliphatic heterocycles. The van der Waals surface area contributed by atoms with E-state index in [0.717, 1.165) is 0 Å². The predicted octanol–water partition coefficient (Wildman–Crippen LogP) is 1.45. The zero-order valence-corrected chi connectivity index (χ0v) is 10.9. The molecule has 4 N–H and O–H groups in total. The number of amidine groups is 1. The number of aromatic nitrogens is 1. The third kappa shape index (κ3) is 4.81. The highest BCUT2D eigenvalue weighted by atomic mass is 32.1. The number of ether oxygens (including phenoxy) is 1. The summed E-state index contributed by atoms with van der Waals surface area (Å²) in [6, 6.07) is 0. The fraction of sp³-hybridized carbons (Fsp3) is 0.500. The average Bonchev–Trinajstić information content (AvgIpc) is 2.60. The van der Waals surface area contributed by atoms with Gasteiger partial charge in [-0.05, 0) is 20.8 Å². The predicted molar refractivity (Wildman–Crippen MR) is 66.2 cm³/mol. The first-order valence-electron chi connectivity index (χ1n) is 5.03. The van der Waals surface area contributed by atoms with E-state index in [4.69, 9.17) is 15.9 Å². The molecule has 0 aliphatic carbocycles. The van der Waals surface area contributed by atoms with Gasteiger partial charge in [0.15, 0.2) is 0 Å². The summed E-state index contributed by atoms with van der Waals surface area (Å²) in [5.41, 5.74) is 5.19. The molecule has 0 saturated carbocycles. The van der Waals surface area contributed by atoms with E-state index in [2.05, 4.69) is 10.3 Å². The van der Waals surface area contributed by atoms with Crippen molar-refractivity contribution < 1.29 is 9.53 Å². The van der Waals surface area contributed by atoms with Crippen LogP contribution >= 0.6 is 11.3 Å². The molecule has 0 aromatic carbocycles. The molecule has 0 bridgehead atoms. The van der Waals surface area contributed by atoms with Crippen molar-refractivity contribution in [2.24, 2.45) is 5.73 Å². The summed E-state index contributed by atoms with van der Waals surface area (Å²) in [7, 11) is 0. The number of carbonyl (C=O) groups excluding carboxylic acids is 1. The fourth-order valence-electron chi connectivity index (χ4n) is 0.978. The van der Waals surface area contributed by atoms with Crippen LogP contribution in [0, 0.1) is 5.41 Å². The molecule has 0 saturated heterocycles. The number of nitrogens with one attached hydrogen (secondary N) is 2. The van der Waals surface area contributed by atoms with Crippen LogP contribution < -0.4 is 11.1 Å². The van der Waals surface area contributed by atoms with E-state index in [1.807, 2.05) is 0 Å². The zero-order chi connectivity index (χ0) is 13.1. The van der Waals surface area contributed by atoms with Gasteiger partial charge in [0, 0.05) is 5.38 Å². The lowest BCUT2D eigenvalue weighted by Crippen LogP contribution is -2.32. The van der Waals surface area contributed by atoms with E-state index in [1.54, 1.807) is 26.2 Å². The number of nitrogens with two attached hydrogens (primary N) is 1. The third-order valence-electron chi connectivity index (χ3n) is 1.61. The quantitative estimate of drug-likeness (QED) is 0.562. The van der Waals surface area contributed by atoms with Crippen molar-refractivity contribution in [1.29, 1.82) is 5.41 Å². The van der Waals surface area contributed by atoms with Gasteiger partial charge < -0.3 is 15.8 Å². The van der Waals surface area contributed by atoms with Gasteiger partial charge >= 0.3 is 6.09 Å². The number of rotatable bonds is 3. The standard InChI is InChI=1S/C10H16N4O2S/c1-10(2,3)16-9(15)13-4-7-14-6(5-17-7)8(11)12/h5H,4H2,1-3H3,(H3,11,12)(H,13,15). The normalized spacial score (nSPS) is 11.0. The summed E-state index contributed by atoms with van der Waals surface area (Å²) in [6.45, 7) is 5.66. The van der Waals surface area contributed by atoms with E-state index >= 15 is 0 Å². The molecule has 1 heterocycles. The SMILES string of the molecule is CC(C)(C)OC(=O)NCc1nc(C(=N)N)cs1. The first-order valence-corrected chi connectivity index (χ1v) is 5.91. The number of alkyl carbamates (subject to hydrolysis) is 1. The molecular weight excluding hydrogens is 240 g/mol. The summed E-state index contributed by atoms with van der Waals surface area (Å²) in [4.78, 5) is 15.4. The fourth-order valence-corrected chi connectivity index (χ4v) is 1.71. The second-order valence-electron chi connectivity index (χ2n) is 4.40. The zero-order valence-electron chi connectivity index (χ0n) is 10.0. The highest BCUT2D eigenvalue weighted by Crippen LogP contribution is 2.10. The van der Waals surface area contributed by atoms with E-state index in [9.17, 15) is 4.79 Å². The molecule has 0 spiro atoms. The van der Waals surface area contributed by atoms with Crippen LogP contribution in [0.3, 0.4) is 0 Å². The Labute approximate surface area is 104 Å². The van der Waals surface area contributed by atoms with E-state index in [1.165, 1.54) is 11.3 Å². The summed E-state index contributed by atoms with van der Waals surface area (Å²) >= 11 is 1.34. The first-order chi connectivity index (χ1) is 7.78. The maximum atomic E-state index is 11.3. The van der Waals surface area contributed by atoms with Crippen LogP contribution in [0.1, 0.15) is 31.5 Å². The Kier molecular flexibility index (Phi) is 4.06. The smallest absolute Gasteiger partial charge is 0.408 e. The largest absolute Gasteiger partial charge is 0.444 e. The number of carbonyl (C=O) groups is 1. The third-order valence-corrected chi connectivity index (χ3v) is 2.46. The van der Waals surface area contributed by atoms with E-state index < -0.39 is 11.7 Å². The number of thiazole rings is 1. The lowest BCUT2D eigenvalue weighted by Gasteiger charge is -2.19. The summed E-state index contributed by atoms with van der Waals surface area (Å²) in [5.74, 6) is -0.0789. The molecule has 6 nitrogen and oxygen atoms in total. The Hall–Kier alpha value is -1.63. The average molecular weight is 256 g/mol. The van der Waals surface area contributed by atoms with Crippen molar-refractivity contribution >= 4 is 23.3 Å². The lowest BCUT2D eigenvalue weighted by molar-refractivity contribution is 0.0523. The van der Waals surface area contributed by atoms with Gasteiger partial charge in [0.25, 0.3) is 0 Å². The highest BCUT2D eigenvalue weighted by Gasteiger charge is 2.16. The second kappa shape index (κ2) is 5.13. The van der Waals surface area contributed by atoms with Crippen molar-refractivity contribution in [1.82, 2.24) is 10.3 Å². The molecule has 0 fully saturated rings. The lowest BCUT2D eigenvalue weighted by atomic mass is 10.2. The topological polar surface area (TPSA) is 101 Å². The maximum absolute atomic E-state index is 11.3. The molecule has 1 aromatic rings. The van der Waals surface area contributed by atoms with Gasteiger partial charge in [-0.15, -0.1) is 11.3 Å². The minimum Gasteiger partial charge on any atom is -0.444 e. The molecule has 0 unspecified atom stereocenters. The number of nitrogen functional groups attached to an aromatic ring is 1. The summed E-state index contributed by atoms with van der Waals surface area (Å²) in [5, 5.41) is 12.1. The molecule has 0 aliphatic rings. The van der Waals surface area contributed by atoms with Crippen molar-refractivity contribution in [3.8, 4) is 0 Å². The Morgan fingerprint density at radius 2 is 2.29 bits per heavy atom. The summed E-state index contributed by atoms with van der Waals surface area (Å²) in [6.07, 6.45) is -0.489. The van der Waals surface area contributed by atoms with Gasteiger partial charge in [0.2, 0.25) is 0 Å². The van der Waals surface area contributed by atoms with Crippen LogP contribution in [0.25, 0.3) is 0 Å². The Balaban J connectivity index is 2.45. The first kappa shape index (κ1) is 13.4. The number of nitrogens with zero attached hydrogens (tertiary/aromatic N) is 1. The van der Waals surface area contributed by atoms with Crippen LogP contribution in [-0.4, -0.2) is 22.5 Å². The molecule has 17 heavy (non-hydrogen) atoms. The van der Waals surface area contributed by atoms with Crippen LogP contribution in [0.15, 0.2) is 5.38 Å². The van der Waals surface area contributed by atoms with Gasteiger partial charge in [-0.3, -0.25) is 5.41 Å². The number of amides is 1. The Bertz CT molecular complexity index is 422. The van der Waals surface area contributed by atoms with Crippen molar-refractivity contribution in [2.75, 3.05) is 0 Å². The van der Waals surface area contributed by atoms with Crippen LogP contribution in [-0.2, 0) is 11.3 Å². The number of hydrogen-bond donors (Lipinski definition) is 3. The van der Waals surface area contributed by atoms with Gasteiger partial charge in [-0.25, -0.2) is 9.78 Å². The minimum absolute atomic E-state index is 0.0789. The molecule has 0 atom stereocenters. The van der Waals surface area contributed by atoms with Gasteiger partial charge in [0.05, 0.1) is 6.54 Å². The van der Waals surface area contributed by atoms with Gasteiger partial charge in [0.1, 0.15) is 22.1 Å². The van der Waals surface area contributed by atoms with Crippen molar-refractivity contribution in [3.63, 3.8) is 0 Å². The van der Waals surface area contributed by atoms with Crippen molar-refractivity contribution in [3.05, 3.63) is 16.1 Å².